The molecule has 126 valence electrons. The van der Waals surface area contributed by atoms with Crippen molar-refractivity contribution in [1.82, 2.24) is 0 Å². The van der Waals surface area contributed by atoms with Gasteiger partial charge in [-0.05, 0) is 68.2 Å². The minimum absolute atomic E-state index is 0.0127. The topological polar surface area (TPSA) is 27.7 Å². The summed E-state index contributed by atoms with van der Waals surface area (Å²) in [5, 5.41) is 0. The number of benzene rings is 1. The molecule has 1 unspecified atom stereocenters. The Morgan fingerprint density at radius 3 is 2.70 bits per heavy atom. The Balaban J connectivity index is 0.000000220. The third-order valence-electron chi connectivity index (χ3n) is 4.44. The summed E-state index contributed by atoms with van der Waals surface area (Å²) in [6.45, 7) is 1.76. The molecule has 0 aromatic heterocycles. The molecule has 0 bridgehead atoms. The molecule has 2 aliphatic heterocycles. The predicted octanol–water partition coefficient (Wildman–Crippen LogP) is 5.29. The molecule has 2 atom stereocenters. The Labute approximate surface area is 147 Å². The molecule has 1 aromatic carbocycles. The van der Waals surface area contributed by atoms with Crippen molar-refractivity contribution in [2.45, 2.75) is 57.3 Å². The van der Waals surface area contributed by atoms with Gasteiger partial charge in [-0.1, -0.05) is 28.1 Å². The third kappa shape index (κ3) is 4.82. The largest absolute Gasteiger partial charge is 0.502 e. The highest BCUT2D eigenvalue weighted by Crippen LogP contribution is 2.39. The molecule has 0 radical (unpaired) electrons. The van der Waals surface area contributed by atoms with Crippen LogP contribution in [0.2, 0.25) is 0 Å². The fourth-order valence-electron chi connectivity index (χ4n) is 3.20. The lowest BCUT2D eigenvalue weighted by Gasteiger charge is -2.26. The first-order valence-electron chi connectivity index (χ1n) is 8.65. The molecule has 0 N–H and O–H groups in total. The maximum absolute atomic E-state index is 6.09. The van der Waals surface area contributed by atoms with Crippen molar-refractivity contribution in [3.05, 3.63) is 46.1 Å². The van der Waals surface area contributed by atoms with Gasteiger partial charge in [0, 0.05) is 11.1 Å². The normalized spacial score (nSPS) is 26.0. The molecule has 3 nitrogen and oxygen atoms in total. The number of halogens is 1. The van der Waals surface area contributed by atoms with Gasteiger partial charge in [0.1, 0.15) is 0 Å². The number of hydrogen-bond donors (Lipinski definition) is 0. The van der Waals surface area contributed by atoms with Crippen LogP contribution in [0.4, 0.5) is 0 Å². The van der Waals surface area contributed by atoms with Gasteiger partial charge in [-0.15, -0.1) is 0 Å². The van der Waals surface area contributed by atoms with E-state index in [0.29, 0.717) is 0 Å². The molecule has 4 heteroatoms. The van der Waals surface area contributed by atoms with E-state index in [1.807, 2.05) is 6.08 Å². The Morgan fingerprint density at radius 2 is 2.04 bits per heavy atom. The Hall–Kier alpha value is -0.840. The van der Waals surface area contributed by atoms with Crippen molar-refractivity contribution in [3.8, 4) is 0 Å². The number of rotatable bonds is 2. The fourth-order valence-corrected chi connectivity index (χ4v) is 3.78. The van der Waals surface area contributed by atoms with Crippen LogP contribution >= 0.6 is 15.9 Å². The van der Waals surface area contributed by atoms with E-state index >= 15 is 0 Å². The highest BCUT2D eigenvalue weighted by molar-refractivity contribution is 9.10. The van der Waals surface area contributed by atoms with Gasteiger partial charge >= 0.3 is 0 Å². The van der Waals surface area contributed by atoms with Crippen molar-refractivity contribution in [1.29, 1.82) is 0 Å². The van der Waals surface area contributed by atoms with Crippen molar-refractivity contribution < 1.29 is 14.2 Å². The SMILES string of the molecule is Brc1cccc2c1CC[C@@H]2OC1CCCCO1.C1=COCCC1. The van der Waals surface area contributed by atoms with Gasteiger partial charge in [0.2, 0.25) is 0 Å². The Bertz CT molecular complexity index is 515. The van der Waals surface area contributed by atoms with Crippen LogP contribution in [0.25, 0.3) is 0 Å². The standard InChI is InChI=1S/C14H17BrO2.C5H8O/c15-12-5-3-4-11-10(12)7-8-13(11)17-14-6-1-2-9-16-14;1-2-4-6-5-3-1/h3-5,13-14H,1-2,6-9H2;2,4H,1,3,5H2/t13-,14?;/m0./s1. The van der Waals surface area contributed by atoms with Crippen molar-refractivity contribution in [2.24, 2.45) is 0 Å². The average Bonchev–Trinajstić information content (AvgIpc) is 3.02. The molecule has 0 spiro atoms. The molecule has 4 rings (SSSR count). The van der Waals surface area contributed by atoms with Gasteiger partial charge < -0.3 is 14.2 Å². The molecular formula is C19H25BrO3. The first-order valence-corrected chi connectivity index (χ1v) is 9.45. The van der Waals surface area contributed by atoms with E-state index in [2.05, 4.69) is 34.1 Å². The smallest absolute Gasteiger partial charge is 0.158 e. The zero-order valence-corrected chi connectivity index (χ0v) is 15.1. The maximum Gasteiger partial charge on any atom is 0.158 e. The third-order valence-corrected chi connectivity index (χ3v) is 5.18. The number of hydrogen-bond acceptors (Lipinski definition) is 3. The number of allylic oxidation sites excluding steroid dienone is 1. The lowest BCUT2D eigenvalue weighted by molar-refractivity contribution is -0.189. The second-order valence-electron chi connectivity index (χ2n) is 6.15. The molecule has 3 aliphatic rings. The summed E-state index contributed by atoms with van der Waals surface area (Å²) in [4.78, 5) is 0. The summed E-state index contributed by atoms with van der Waals surface area (Å²) in [5.74, 6) is 0. The Morgan fingerprint density at radius 1 is 1.09 bits per heavy atom. The van der Waals surface area contributed by atoms with Crippen LogP contribution in [-0.2, 0) is 20.6 Å². The van der Waals surface area contributed by atoms with E-state index in [4.69, 9.17) is 14.2 Å². The molecule has 1 fully saturated rings. The summed E-state index contributed by atoms with van der Waals surface area (Å²) in [7, 11) is 0. The highest BCUT2D eigenvalue weighted by Gasteiger charge is 2.28. The van der Waals surface area contributed by atoms with E-state index in [1.165, 1.54) is 41.3 Å². The van der Waals surface area contributed by atoms with Gasteiger partial charge in [-0.25, -0.2) is 0 Å². The molecule has 0 amide bonds. The van der Waals surface area contributed by atoms with Gasteiger partial charge in [-0.2, -0.15) is 0 Å². The summed E-state index contributed by atoms with van der Waals surface area (Å²) in [6.07, 6.45) is 12.1. The van der Waals surface area contributed by atoms with E-state index in [0.717, 1.165) is 32.5 Å². The van der Waals surface area contributed by atoms with Crippen LogP contribution < -0.4 is 0 Å². The zero-order chi connectivity index (χ0) is 15.9. The summed E-state index contributed by atoms with van der Waals surface area (Å²) >= 11 is 3.61. The minimum atomic E-state index is 0.0127. The van der Waals surface area contributed by atoms with Gasteiger partial charge in [0.15, 0.2) is 6.29 Å². The molecule has 23 heavy (non-hydrogen) atoms. The first kappa shape index (κ1) is 17.0. The van der Waals surface area contributed by atoms with E-state index < -0.39 is 0 Å². The first-order chi connectivity index (χ1) is 11.3. The van der Waals surface area contributed by atoms with Crippen molar-refractivity contribution >= 4 is 15.9 Å². The summed E-state index contributed by atoms with van der Waals surface area (Å²) < 4.78 is 17.8. The molecule has 1 saturated heterocycles. The predicted molar refractivity (Wildman–Crippen MR) is 94.2 cm³/mol. The zero-order valence-electron chi connectivity index (χ0n) is 13.5. The highest BCUT2D eigenvalue weighted by atomic mass is 79.9. The molecule has 1 aliphatic carbocycles. The van der Waals surface area contributed by atoms with Crippen LogP contribution in [0, 0.1) is 0 Å². The number of fused-ring (bicyclic) bond motifs is 1. The van der Waals surface area contributed by atoms with Crippen LogP contribution in [0.15, 0.2) is 35.0 Å². The van der Waals surface area contributed by atoms with Crippen LogP contribution in [0.5, 0.6) is 0 Å². The lowest BCUT2D eigenvalue weighted by atomic mass is 10.1. The van der Waals surface area contributed by atoms with Crippen LogP contribution in [0.3, 0.4) is 0 Å². The van der Waals surface area contributed by atoms with Crippen LogP contribution in [0.1, 0.15) is 55.8 Å². The second-order valence-corrected chi connectivity index (χ2v) is 7.01. The summed E-state index contributed by atoms with van der Waals surface area (Å²) in [5.41, 5.74) is 2.75. The fraction of sp³-hybridized carbons (Fsp3) is 0.579. The number of ether oxygens (including phenoxy) is 3. The van der Waals surface area contributed by atoms with Crippen molar-refractivity contribution in [2.75, 3.05) is 13.2 Å². The molecule has 2 heterocycles. The van der Waals surface area contributed by atoms with Crippen LogP contribution in [-0.4, -0.2) is 19.5 Å². The molecular weight excluding hydrogens is 356 g/mol. The Kier molecular flexibility index (Phi) is 6.55. The van der Waals surface area contributed by atoms with E-state index in [-0.39, 0.29) is 12.4 Å². The molecule has 1 aromatic rings. The van der Waals surface area contributed by atoms with Gasteiger partial charge in [0.05, 0.1) is 19.0 Å². The van der Waals surface area contributed by atoms with E-state index in [9.17, 15) is 0 Å². The van der Waals surface area contributed by atoms with Crippen molar-refractivity contribution in [3.63, 3.8) is 0 Å². The lowest BCUT2D eigenvalue weighted by Crippen LogP contribution is -2.23. The minimum Gasteiger partial charge on any atom is -0.502 e. The van der Waals surface area contributed by atoms with E-state index in [1.54, 1.807) is 6.26 Å². The van der Waals surface area contributed by atoms with Gasteiger partial charge in [0.25, 0.3) is 0 Å². The maximum atomic E-state index is 6.09. The molecule has 0 saturated carbocycles. The second kappa shape index (κ2) is 8.86. The monoisotopic (exact) mass is 380 g/mol. The quantitative estimate of drug-likeness (QED) is 0.697. The average molecular weight is 381 g/mol. The van der Waals surface area contributed by atoms with Gasteiger partial charge in [-0.3, -0.25) is 0 Å². The summed E-state index contributed by atoms with van der Waals surface area (Å²) in [6, 6.07) is 6.38.